The molecule has 0 bridgehead atoms. The van der Waals surface area contributed by atoms with Gasteiger partial charge in [-0.3, -0.25) is 9.78 Å². The van der Waals surface area contributed by atoms with Crippen LogP contribution in [0.2, 0.25) is 0 Å². The molecule has 6 heteroatoms. The number of hydrogen-bond acceptors (Lipinski definition) is 4. The zero-order chi connectivity index (χ0) is 17.6. The lowest BCUT2D eigenvalue weighted by Crippen LogP contribution is -2.10. The first-order valence-corrected chi connectivity index (χ1v) is 7.48. The average molecular weight is 339 g/mol. The fourth-order valence-corrected chi connectivity index (χ4v) is 2.80. The van der Waals surface area contributed by atoms with Crippen LogP contribution >= 0.6 is 0 Å². The van der Waals surface area contributed by atoms with Crippen molar-refractivity contribution in [3.63, 3.8) is 0 Å². The van der Waals surface area contributed by atoms with Gasteiger partial charge < -0.3 is 9.84 Å². The minimum absolute atomic E-state index is 0.148. The molecule has 1 aliphatic heterocycles. The highest BCUT2D eigenvalue weighted by atomic mass is 19.1. The number of aromatic nitrogens is 1. The van der Waals surface area contributed by atoms with E-state index in [0.717, 1.165) is 18.2 Å². The molecule has 124 valence electrons. The van der Waals surface area contributed by atoms with E-state index in [1.54, 1.807) is 6.07 Å². The maximum absolute atomic E-state index is 13.5. The Morgan fingerprint density at radius 3 is 2.68 bits per heavy atom. The summed E-state index contributed by atoms with van der Waals surface area (Å²) < 4.78 is 32.4. The van der Waals surface area contributed by atoms with E-state index >= 15 is 0 Å². The SMILES string of the molecule is O=C(c1cnc2c(c1)COc1ccc(F)cc1-2)c1cc(F)ccc1O. The van der Waals surface area contributed by atoms with E-state index in [1.165, 1.54) is 24.4 Å². The number of phenolic OH excluding ortho intramolecular Hbond substituents is 1. The number of carbonyl (C=O) groups is 1. The van der Waals surface area contributed by atoms with Crippen molar-refractivity contribution in [3.05, 3.63) is 77.0 Å². The minimum Gasteiger partial charge on any atom is -0.507 e. The molecule has 4 rings (SSSR count). The largest absolute Gasteiger partial charge is 0.507 e. The minimum atomic E-state index is -0.625. The smallest absolute Gasteiger partial charge is 0.198 e. The lowest BCUT2D eigenvalue weighted by Gasteiger charge is -2.20. The van der Waals surface area contributed by atoms with Gasteiger partial charge in [0.05, 0.1) is 11.3 Å². The Hall–Kier alpha value is -3.28. The molecule has 0 aliphatic carbocycles. The van der Waals surface area contributed by atoms with Gasteiger partial charge in [0.1, 0.15) is 29.7 Å². The summed E-state index contributed by atoms with van der Waals surface area (Å²) in [5.41, 5.74) is 1.68. The number of hydrogen-bond donors (Lipinski definition) is 1. The molecule has 0 atom stereocenters. The van der Waals surface area contributed by atoms with Crippen molar-refractivity contribution in [1.29, 1.82) is 0 Å². The second-order valence-electron chi connectivity index (χ2n) is 5.65. The Balaban J connectivity index is 1.78. The zero-order valence-corrected chi connectivity index (χ0v) is 12.8. The summed E-state index contributed by atoms with van der Waals surface area (Å²) in [5, 5.41) is 9.79. The molecule has 1 N–H and O–H groups in total. The maximum atomic E-state index is 13.5. The molecule has 0 saturated heterocycles. The molecular weight excluding hydrogens is 328 g/mol. The third-order valence-electron chi connectivity index (χ3n) is 4.01. The van der Waals surface area contributed by atoms with Gasteiger partial charge in [0.15, 0.2) is 5.78 Å². The number of rotatable bonds is 2. The first kappa shape index (κ1) is 15.3. The highest BCUT2D eigenvalue weighted by Gasteiger charge is 2.22. The van der Waals surface area contributed by atoms with Gasteiger partial charge in [0, 0.05) is 22.9 Å². The van der Waals surface area contributed by atoms with Gasteiger partial charge in [-0.05, 0) is 42.5 Å². The van der Waals surface area contributed by atoms with Crippen LogP contribution < -0.4 is 4.74 Å². The second-order valence-corrected chi connectivity index (χ2v) is 5.65. The van der Waals surface area contributed by atoms with Crippen molar-refractivity contribution in [2.75, 3.05) is 0 Å². The van der Waals surface area contributed by atoms with Crippen LogP contribution in [0.4, 0.5) is 8.78 Å². The molecule has 25 heavy (non-hydrogen) atoms. The average Bonchev–Trinajstić information content (AvgIpc) is 2.62. The van der Waals surface area contributed by atoms with Gasteiger partial charge in [0.25, 0.3) is 0 Å². The Bertz CT molecular complexity index is 1020. The molecule has 0 radical (unpaired) electrons. The standard InChI is InChI=1S/C19H11F2NO3/c20-12-1-3-16(23)14(6-12)19(24)10-5-11-9-25-17-4-2-13(21)7-15(17)18(11)22-8-10/h1-8,23H,9H2. The molecule has 0 saturated carbocycles. The number of pyridine rings is 1. The summed E-state index contributed by atoms with van der Waals surface area (Å²) in [5.74, 6) is -1.39. The Morgan fingerprint density at radius 2 is 1.84 bits per heavy atom. The zero-order valence-electron chi connectivity index (χ0n) is 12.8. The van der Waals surface area contributed by atoms with Gasteiger partial charge in [0.2, 0.25) is 0 Å². The van der Waals surface area contributed by atoms with E-state index in [-0.39, 0.29) is 23.5 Å². The van der Waals surface area contributed by atoms with Gasteiger partial charge in [-0.2, -0.15) is 0 Å². The third-order valence-corrected chi connectivity index (χ3v) is 4.01. The molecule has 1 aliphatic rings. The summed E-state index contributed by atoms with van der Waals surface area (Å²) in [7, 11) is 0. The normalized spacial score (nSPS) is 12.1. The Kier molecular flexibility index (Phi) is 3.46. The number of halogens is 2. The molecule has 0 amide bonds. The topological polar surface area (TPSA) is 59.4 Å². The third kappa shape index (κ3) is 2.61. The predicted octanol–water partition coefficient (Wildman–Crippen LogP) is 3.86. The fourth-order valence-electron chi connectivity index (χ4n) is 2.80. The summed E-state index contributed by atoms with van der Waals surface area (Å²) in [4.78, 5) is 16.8. The molecule has 2 aromatic carbocycles. The van der Waals surface area contributed by atoms with Crippen LogP contribution in [0, 0.1) is 11.6 Å². The molecule has 0 unspecified atom stereocenters. The number of ketones is 1. The summed E-state index contributed by atoms with van der Waals surface area (Å²) in [6.07, 6.45) is 1.32. The molecular formula is C19H11F2NO3. The predicted molar refractivity (Wildman–Crippen MR) is 85.5 cm³/mol. The molecule has 2 heterocycles. The van der Waals surface area contributed by atoms with Gasteiger partial charge in [-0.1, -0.05) is 0 Å². The Labute approximate surface area is 141 Å². The number of fused-ring (bicyclic) bond motifs is 3. The lowest BCUT2D eigenvalue weighted by molar-refractivity contribution is 0.103. The Morgan fingerprint density at radius 1 is 1.08 bits per heavy atom. The van der Waals surface area contributed by atoms with Gasteiger partial charge in [-0.15, -0.1) is 0 Å². The summed E-state index contributed by atoms with van der Waals surface area (Å²) in [6.45, 7) is 0.178. The quantitative estimate of drug-likeness (QED) is 0.721. The number of aromatic hydroxyl groups is 1. The van der Waals surface area contributed by atoms with Gasteiger partial charge in [-0.25, -0.2) is 8.78 Å². The molecule has 3 aromatic rings. The van der Waals surface area contributed by atoms with Crippen LogP contribution in [0.15, 0.2) is 48.7 Å². The molecule has 0 spiro atoms. The van der Waals surface area contributed by atoms with Crippen molar-refractivity contribution in [1.82, 2.24) is 4.98 Å². The lowest BCUT2D eigenvalue weighted by atomic mass is 9.98. The van der Waals surface area contributed by atoms with Crippen LogP contribution in [0.25, 0.3) is 11.3 Å². The van der Waals surface area contributed by atoms with E-state index < -0.39 is 17.4 Å². The number of phenols is 1. The van der Waals surface area contributed by atoms with Gasteiger partial charge >= 0.3 is 0 Å². The number of benzene rings is 2. The summed E-state index contributed by atoms with van der Waals surface area (Å²) in [6, 6.07) is 8.86. The van der Waals surface area contributed by atoms with Crippen LogP contribution in [-0.4, -0.2) is 15.9 Å². The second kappa shape index (κ2) is 5.66. The van der Waals surface area contributed by atoms with Crippen molar-refractivity contribution in [2.24, 2.45) is 0 Å². The van der Waals surface area contributed by atoms with Crippen molar-refractivity contribution < 1.29 is 23.4 Å². The van der Waals surface area contributed by atoms with E-state index in [1.807, 2.05) is 0 Å². The highest BCUT2D eigenvalue weighted by molar-refractivity contribution is 6.10. The maximum Gasteiger partial charge on any atom is 0.198 e. The van der Waals surface area contributed by atoms with Crippen molar-refractivity contribution in [3.8, 4) is 22.8 Å². The first-order valence-electron chi connectivity index (χ1n) is 7.48. The number of ether oxygens (including phenoxy) is 1. The highest BCUT2D eigenvalue weighted by Crippen LogP contribution is 2.37. The monoisotopic (exact) mass is 339 g/mol. The number of nitrogens with zero attached hydrogens (tertiary/aromatic N) is 1. The van der Waals surface area contributed by atoms with E-state index in [9.17, 15) is 18.7 Å². The van der Waals surface area contributed by atoms with Crippen LogP contribution in [0.1, 0.15) is 21.5 Å². The molecule has 1 aromatic heterocycles. The number of carbonyl (C=O) groups excluding carboxylic acids is 1. The fraction of sp³-hybridized carbons (Fsp3) is 0.0526. The van der Waals surface area contributed by atoms with E-state index in [2.05, 4.69) is 4.98 Å². The van der Waals surface area contributed by atoms with E-state index in [0.29, 0.717) is 22.6 Å². The van der Waals surface area contributed by atoms with Crippen LogP contribution in [-0.2, 0) is 6.61 Å². The van der Waals surface area contributed by atoms with E-state index in [4.69, 9.17) is 4.74 Å². The van der Waals surface area contributed by atoms with Crippen molar-refractivity contribution >= 4 is 5.78 Å². The van der Waals surface area contributed by atoms with Crippen molar-refractivity contribution in [2.45, 2.75) is 6.61 Å². The molecule has 0 fully saturated rings. The summed E-state index contributed by atoms with van der Waals surface area (Å²) >= 11 is 0. The van der Waals surface area contributed by atoms with Crippen LogP contribution in [0.3, 0.4) is 0 Å². The van der Waals surface area contributed by atoms with Crippen LogP contribution in [0.5, 0.6) is 11.5 Å². The molecule has 4 nitrogen and oxygen atoms in total. The first-order chi connectivity index (χ1) is 12.0.